The number of carbonyl (C=O) groups is 2. The Labute approximate surface area is 157 Å². The minimum absolute atomic E-state index is 0.156. The number of hydrogen-bond acceptors (Lipinski definition) is 9. The molecule has 0 spiro atoms. The van der Waals surface area contributed by atoms with E-state index in [9.17, 15) is 35.1 Å². The summed E-state index contributed by atoms with van der Waals surface area (Å²) in [5.74, 6) is -5.38. The van der Waals surface area contributed by atoms with Crippen molar-refractivity contribution in [2.75, 3.05) is 6.61 Å². The minimum atomic E-state index is -2.90. The number of nitrogens with one attached hydrogen (secondary N) is 1. The SMILES string of the molecule is CCCCCCCC(=O)N[C@H]1C([C@H](O)[C@H](O)CO)O[C@@](O)(C(=O)[O-])C[C@H]1O. The zero-order valence-electron chi connectivity index (χ0n) is 15.4. The molecule has 158 valence electrons. The monoisotopic (exact) mass is 392 g/mol. The van der Waals surface area contributed by atoms with Crippen LogP contribution in [0.5, 0.6) is 0 Å². The Morgan fingerprint density at radius 2 is 1.89 bits per heavy atom. The second-order valence-electron chi connectivity index (χ2n) is 6.92. The van der Waals surface area contributed by atoms with E-state index < -0.39 is 61.1 Å². The molecule has 0 aromatic heterocycles. The zero-order valence-corrected chi connectivity index (χ0v) is 15.4. The predicted octanol–water partition coefficient (Wildman–Crippen LogP) is -2.87. The van der Waals surface area contributed by atoms with Gasteiger partial charge in [-0.05, 0) is 6.42 Å². The maximum absolute atomic E-state index is 12.1. The first-order valence-corrected chi connectivity index (χ1v) is 9.22. The van der Waals surface area contributed by atoms with E-state index in [1.807, 2.05) is 0 Å². The average Bonchev–Trinajstić information content (AvgIpc) is 2.62. The number of aliphatic hydroxyl groups is 5. The second-order valence-corrected chi connectivity index (χ2v) is 6.92. The Morgan fingerprint density at radius 3 is 2.44 bits per heavy atom. The molecule has 0 aromatic rings. The Balaban J connectivity index is 2.81. The highest BCUT2D eigenvalue weighted by Gasteiger charge is 2.50. The molecule has 6 N–H and O–H groups in total. The molecule has 1 heterocycles. The van der Waals surface area contributed by atoms with Gasteiger partial charge in [0.2, 0.25) is 11.7 Å². The van der Waals surface area contributed by atoms with Crippen molar-refractivity contribution in [1.29, 1.82) is 0 Å². The van der Waals surface area contributed by atoms with Gasteiger partial charge < -0.3 is 45.5 Å². The van der Waals surface area contributed by atoms with Gasteiger partial charge in [-0.2, -0.15) is 0 Å². The van der Waals surface area contributed by atoms with Crippen LogP contribution in [0.3, 0.4) is 0 Å². The summed E-state index contributed by atoms with van der Waals surface area (Å²) < 4.78 is 4.96. The summed E-state index contributed by atoms with van der Waals surface area (Å²) in [6.45, 7) is 1.19. The van der Waals surface area contributed by atoms with Crippen LogP contribution in [0.15, 0.2) is 0 Å². The van der Waals surface area contributed by atoms with Gasteiger partial charge >= 0.3 is 0 Å². The van der Waals surface area contributed by atoms with E-state index in [2.05, 4.69) is 12.2 Å². The Hall–Kier alpha value is -1.30. The highest BCUT2D eigenvalue weighted by molar-refractivity contribution is 5.76. The summed E-state index contributed by atoms with van der Waals surface area (Å²) in [4.78, 5) is 23.2. The summed E-state index contributed by atoms with van der Waals surface area (Å²) in [5.41, 5.74) is 0. The van der Waals surface area contributed by atoms with Crippen molar-refractivity contribution in [3.63, 3.8) is 0 Å². The van der Waals surface area contributed by atoms with Crippen LogP contribution in [-0.2, 0) is 14.3 Å². The van der Waals surface area contributed by atoms with Crippen LogP contribution in [0.4, 0.5) is 0 Å². The van der Waals surface area contributed by atoms with E-state index in [0.717, 1.165) is 25.7 Å². The molecule has 1 saturated heterocycles. The lowest BCUT2D eigenvalue weighted by Crippen LogP contribution is -2.69. The lowest BCUT2D eigenvalue weighted by atomic mass is 9.88. The van der Waals surface area contributed by atoms with Crippen LogP contribution in [0.25, 0.3) is 0 Å². The van der Waals surface area contributed by atoms with Crippen LogP contribution >= 0.6 is 0 Å². The average molecular weight is 392 g/mol. The first-order chi connectivity index (χ1) is 12.7. The van der Waals surface area contributed by atoms with Gasteiger partial charge in [-0.1, -0.05) is 32.6 Å². The number of aliphatic hydroxyl groups excluding tert-OH is 4. The number of carboxylic acids is 1. The van der Waals surface area contributed by atoms with Crippen molar-refractivity contribution in [3.8, 4) is 0 Å². The Bertz CT molecular complexity index is 489. The molecule has 1 aliphatic rings. The summed E-state index contributed by atoms with van der Waals surface area (Å²) >= 11 is 0. The molecular formula is C17H30NO9-. The number of carboxylic acid groups (broad SMARTS) is 1. The molecule has 1 amide bonds. The molecule has 1 fully saturated rings. The standard InChI is InChI=1S/C17H31NO9/c1-2-3-4-5-6-7-12(22)18-13-10(20)8-17(26,16(24)25)27-15(13)14(23)11(21)9-19/h10-11,13-15,19-21,23,26H,2-9H2,1H3,(H,18,22)(H,24,25)/p-1/t10-,11-,13-,14-,15?,17-/m1/s1. The van der Waals surface area contributed by atoms with Crippen molar-refractivity contribution >= 4 is 11.9 Å². The third-order valence-corrected chi connectivity index (χ3v) is 4.66. The summed E-state index contributed by atoms with van der Waals surface area (Å²) in [7, 11) is 0. The van der Waals surface area contributed by atoms with Gasteiger partial charge in [-0.25, -0.2) is 0 Å². The van der Waals surface area contributed by atoms with Gasteiger partial charge in [0.15, 0.2) is 0 Å². The van der Waals surface area contributed by atoms with E-state index in [0.29, 0.717) is 6.42 Å². The molecule has 1 aliphatic heterocycles. The molecule has 0 aliphatic carbocycles. The smallest absolute Gasteiger partial charge is 0.220 e. The predicted molar refractivity (Wildman–Crippen MR) is 89.9 cm³/mol. The van der Waals surface area contributed by atoms with Gasteiger partial charge in [-0.3, -0.25) is 4.79 Å². The van der Waals surface area contributed by atoms with Crippen LogP contribution in [0.1, 0.15) is 51.9 Å². The molecular weight excluding hydrogens is 362 g/mol. The van der Waals surface area contributed by atoms with Crippen molar-refractivity contribution in [2.24, 2.45) is 0 Å². The minimum Gasteiger partial charge on any atom is -0.544 e. The largest absolute Gasteiger partial charge is 0.544 e. The molecule has 10 nitrogen and oxygen atoms in total. The molecule has 10 heteroatoms. The number of amides is 1. The number of aliphatic carboxylic acids is 1. The van der Waals surface area contributed by atoms with Gasteiger partial charge in [0.1, 0.15) is 24.3 Å². The number of unbranched alkanes of at least 4 members (excludes halogenated alkanes) is 4. The van der Waals surface area contributed by atoms with E-state index in [4.69, 9.17) is 9.84 Å². The number of rotatable bonds is 11. The van der Waals surface area contributed by atoms with Gasteiger partial charge in [-0.15, -0.1) is 0 Å². The van der Waals surface area contributed by atoms with Crippen molar-refractivity contribution in [1.82, 2.24) is 5.32 Å². The molecule has 0 radical (unpaired) electrons. The molecule has 0 aromatic carbocycles. The zero-order chi connectivity index (χ0) is 20.6. The number of ether oxygens (including phenoxy) is 1. The lowest BCUT2D eigenvalue weighted by Gasteiger charge is -2.46. The van der Waals surface area contributed by atoms with Gasteiger partial charge in [0.05, 0.1) is 18.8 Å². The molecule has 0 saturated carbocycles. The van der Waals surface area contributed by atoms with Gasteiger partial charge in [0, 0.05) is 12.8 Å². The molecule has 6 atom stereocenters. The van der Waals surface area contributed by atoms with Crippen molar-refractivity contribution in [2.45, 2.75) is 88.1 Å². The Morgan fingerprint density at radius 1 is 1.26 bits per heavy atom. The van der Waals surface area contributed by atoms with E-state index in [-0.39, 0.29) is 6.42 Å². The van der Waals surface area contributed by atoms with E-state index in [1.165, 1.54) is 0 Å². The first kappa shape index (κ1) is 23.7. The maximum atomic E-state index is 12.1. The third-order valence-electron chi connectivity index (χ3n) is 4.66. The maximum Gasteiger partial charge on any atom is 0.220 e. The van der Waals surface area contributed by atoms with Crippen molar-refractivity contribution < 1.29 is 45.0 Å². The summed E-state index contributed by atoms with van der Waals surface area (Å²) in [6, 6.07) is -1.29. The van der Waals surface area contributed by atoms with Crippen LogP contribution in [-0.4, -0.2) is 80.3 Å². The van der Waals surface area contributed by atoms with Crippen LogP contribution < -0.4 is 10.4 Å². The van der Waals surface area contributed by atoms with Crippen LogP contribution in [0.2, 0.25) is 0 Å². The fourth-order valence-corrected chi connectivity index (χ4v) is 3.04. The van der Waals surface area contributed by atoms with Crippen LogP contribution in [0, 0.1) is 0 Å². The number of carbonyl (C=O) groups excluding carboxylic acids is 2. The van der Waals surface area contributed by atoms with E-state index in [1.54, 1.807) is 0 Å². The summed E-state index contributed by atoms with van der Waals surface area (Å²) in [6.07, 6.45) is -2.93. The Kier molecular flexibility index (Phi) is 9.57. The van der Waals surface area contributed by atoms with Gasteiger partial charge in [0.25, 0.3) is 0 Å². The topological polar surface area (TPSA) is 180 Å². The fourth-order valence-electron chi connectivity index (χ4n) is 3.04. The normalized spacial score (nSPS) is 30.5. The van der Waals surface area contributed by atoms with Crippen molar-refractivity contribution in [3.05, 3.63) is 0 Å². The molecule has 27 heavy (non-hydrogen) atoms. The molecule has 0 bridgehead atoms. The first-order valence-electron chi connectivity index (χ1n) is 9.22. The van der Waals surface area contributed by atoms with E-state index >= 15 is 0 Å². The second kappa shape index (κ2) is 10.9. The fraction of sp³-hybridized carbons (Fsp3) is 0.882. The highest BCUT2D eigenvalue weighted by atomic mass is 16.7. The molecule has 1 unspecified atom stereocenters. The molecule has 1 rings (SSSR count). The summed E-state index contributed by atoms with van der Waals surface area (Å²) in [5, 5.41) is 62.5. The lowest BCUT2D eigenvalue weighted by molar-refractivity contribution is -0.374. The third kappa shape index (κ3) is 6.66. The number of hydrogen-bond donors (Lipinski definition) is 6. The quantitative estimate of drug-likeness (QED) is 0.202. The highest BCUT2D eigenvalue weighted by Crippen LogP contribution is 2.30.